The number of benzene rings is 1. The molecule has 1 saturated heterocycles. The summed E-state index contributed by atoms with van der Waals surface area (Å²) in [5.41, 5.74) is 0.967. The van der Waals surface area contributed by atoms with Crippen molar-refractivity contribution in [2.75, 3.05) is 33.2 Å². The Labute approximate surface area is 144 Å². The van der Waals surface area contributed by atoms with Crippen molar-refractivity contribution in [3.8, 4) is 0 Å². The Morgan fingerprint density at radius 1 is 1.35 bits per heavy atom. The lowest BCUT2D eigenvalue weighted by Crippen LogP contribution is -2.39. The Balaban J connectivity index is 1.63. The average Bonchev–Trinajstić information content (AvgIpc) is 2.55. The molecule has 1 fully saturated rings. The normalized spacial score (nSPS) is 16.3. The van der Waals surface area contributed by atoms with Gasteiger partial charge in [0, 0.05) is 25.2 Å². The van der Waals surface area contributed by atoms with Gasteiger partial charge in [-0.1, -0.05) is 36.7 Å². The fraction of sp³-hybridized carbons (Fsp3) is 0.611. The summed E-state index contributed by atoms with van der Waals surface area (Å²) < 4.78 is 0. The van der Waals surface area contributed by atoms with Gasteiger partial charge in [-0.25, -0.2) is 4.79 Å². The van der Waals surface area contributed by atoms with E-state index in [1.807, 2.05) is 24.3 Å². The van der Waals surface area contributed by atoms with E-state index in [0.717, 1.165) is 31.0 Å². The number of hydrogen-bond donors (Lipinski definition) is 1. The van der Waals surface area contributed by atoms with E-state index in [0.29, 0.717) is 11.6 Å². The monoisotopic (exact) mass is 337 g/mol. The highest BCUT2D eigenvalue weighted by Crippen LogP contribution is 2.17. The molecule has 2 amide bonds. The standard InChI is InChI=1S/C18H28ClN3O/c1-15-8-12-22(13-9-15)11-5-10-20-18(23)21(2)14-16-6-3-4-7-17(16)19/h3-4,6-7,15H,5,8-14H2,1-2H3,(H,20,23). The van der Waals surface area contributed by atoms with E-state index < -0.39 is 0 Å². The predicted octanol–water partition coefficient (Wildman–Crippen LogP) is 3.60. The molecule has 0 bridgehead atoms. The van der Waals surface area contributed by atoms with Crippen LogP contribution in [-0.4, -0.2) is 49.1 Å². The van der Waals surface area contributed by atoms with Gasteiger partial charge in [0.25, 0.3) is 0 Å². The maximum absolute atomic E-state index is 12.1. The molecule has 1 aromatic carbocycles. The van der Waals surface area contributed by atoms with E-state index in [1.165, 1.54) is 25.9 Å². The molecule has 0 spiro atoms. The third-order valence-electron chi connectivity index (χ3n) is 4.52. The van der Waals surface area contributed by atoms with Gasteiger partial charge in [0.05, 0.1) is 0 Å². The molecule has 1 N–H and O–H groups in total. The van der Waals surface area contributed by atoms with Crippen molar-refractivity contribution in [1.29, 1.82) is 0 Å². The highest BCUT2D eigenvalue weighted by atomic mass is 35.5. The van der Waals surface area contributed by atoms with E-state index in [-0.39, 0.29) is 6.03 Å². The highest BCUT2D eigenvalue weighted by Gasteiger charge is 2.15. The lowest BCUT2D eigenvalue weighted by molar-refractivity contribution is 0.187. The Morgan fingerprint density at radius 3 is 2.74 bits per heavy atom. The first kappa shape index (κ1) is 18.1. The summed E-state index contributed by atoms with van der Waals surface area (Å²) in [7, 11) is 1.80. The summed E-state index contributed by atoms with van der Waals surface area (Å²) in [6.45, 7) is 7.03. The van der Waals surface area contributed by atoms with Crippen molar-refractivity contribution in [1.82, 2.24) is 15.1 Å². The molecular weight excluding hydrogens is 310 g/mol. The van der Waals surface area contributed by atoms with Gasteiger partial charge in [-0.3, -0.25) is 0 Å². The van der Waals surface area contributed by atoms with Crippen molar-refractivity contribution in [2.24, 2.45) is 5.92 Å². The van der Waals surface area contributed by atoms with Crippen molar-refractivity contribution < 1.29 is 4.79 Å². The molecule has 1 aromatic rings. The number of nitrogens with one attached hydrogen (secondary N) is 1. The summed E-state index contributed by atoms with van der Waals surface area (Å²) in [5.74, 6) is 0.865. The second-order valence-electron chi connectivity index (χ2n) is 6.56. The molecule has 0 aromatic heterocycles. The van der Waals surface area contributed by atoms with Gasteiger partial charge >= 0.3 is 6.03 Å². The van der Waals surface area contributed by atoms with Crippen LogP contribution in [0, 0.1) is 5.92 Å². The van der Waals surface area contributed by atoms with Gasteiger partial charge < -0.3 is 15.1 Å². The first-order valence-electron chi connectivity index (χ1n) is 8.51. The van der Waals surface area contributed by atoms with Crippen LogP contribution < -0.4 is 5.32 Å². The number of carbonyl (C=O) groups excluding carboxylic acids is 1. The zero-order chi connectivity index (χ0) is 16.7. The van der Waals surface area contributed by atoms with Crippen LogP contribution in [0.25, 0.3) is 0 Å². The van der Waals surface area contributed by atoms with Gasteiger partial charge in [0.2, 0.25) is 0 Å². The molecule has 23 heavy (non-hydrogen) atoms. The van der Waals surface area contributed by atoms with Gasteiger partial charge in [-0.05, 0) is 56.4 Å². The Bertz CT molecular complexity index is 501. The average molecular weight is 338 g/mol. The SMILES string of the molecule is CC1CCN(CCCNC(=O)N(C)Cc2ccccc2Cl)CC1. The lowest BCUT2D eigenvalue weighted by Gasteiger charge is -2.30. The van der Waals surface area contributed by atoms with Crippen molar-refractivity contribution in [3.05, 3.63) is 34.9 Å². The number of nitrogens with zero attached hydrogens (tertiary/aromatic N) is 2. The van der Waals surface area contributed by atoms with Gasteiger partial charge in [0.1, 0.15) is 0 Å². The molecule has 5 heteroatoms. The largest absolute Gasteiger partial charge is 0.338 e. The van der Waals surface area contributed by atoms with E-state index in [2.05, 4.69) is 17.1 Å². The third kappa shape index (κ3) is 6.04. The van der Waals surface area contributed by atoms with Crippen LogP contribution in [0.15, 0.2) is 24.3 Å². The lowest BCUT2D eigenvalue weighted by atomic mass is 9.99. The van der Waals surface area contributed by atoms with E-state index in [4.69, 9.17) is 11.6 Å². The summed E-state index contributed by atoms with van der Waals surface area (Å²) in [6, 6.07) is 7.59. The van der Waals surface area contributed by atoms with Gasteiger partial charge in [-0.15, -0.1) is 0 Å². The van der Waals surface area contributed by atoms with Crippen LogP contribution in [-0.2, 0) is 6.54 Å². The number of halogens is 1. The number of rotatable bonds is 6. The van der Waals surface area contributed by atoms with Crippen LogP contribution in [0.5, 0.6) is 0 Å². The molecule has 0 radical (unpaired) electrons. The molecule has 2 rings (SSSR count). The number of carbonyl (C=O) groups is 1. The van der Waals surface area contributed by atoms with Crippen molar-refractivity contribution >= 4 is 17.6 Å². The molecule has 4 nitrogen and oxygen atoms in total. The first-order valence-corrected chi connectivity index (χ1v) is 8.89. The van der Waals surface area contributed by atoms with Crippen LogP contribution in [0.2, 0.25) is 5.02 Å². The molecule has 0 unspecified atom stereocenters. The molecule has 0 saturated carbocycles. The molecule has 1 aliphatic rings. The fourth-order valence-electron chi connectivity index (χ4n) is 2.87. The van der Waals surface area contributed by atoms with Crippen LogP contribution in [0.4, 0.5) is 4.79 Å². The second kappa shape index (κ2) is 9.14. The van der Waals surface area contributed by atoms with Crippen LogP contribution >= 0.6 is 11.6 Å². The molecule has 1 heterocycles. The van der Waals surface area contributed by atoms with E-state index in [1.54, 1.807) is 11.9 Å². The van der Waals surface area contributed by atoms with E-state index >= 15 is 0 Å². The molecule has 0 aliphatic carbocycles. The quantitative estimate of drug-likeness (QED) is 0.805. The number of urea groups is 1. The number of likely N-dealkylation sites (tertiary alicyclic amines) is 1. The maximum atomic E-state index is 12.1. The van der Waals surface area contributed by atoms with Crippen LogP contribution in [0.1, 0.15) is 31.7 Å². The summed E-state index contributed by atoms with van der Waals surface area (Å²) in [5, 5.41) is 3.69. The van der Waals surface area contributed by atoms with Gasteiger partial charge in [-0.2, -0.15) is 0 Å². The van der Waals surface area contributed by atoms with E-state index in [9.17, 15) is 4.79 Å². The zero-order valence-electron chi connectivity index (χ0n) is 14.2. The first-order chi connectivity index (χ1) is 11.1. The number of hydrogen-bond acceptors (Lipinski definition) is 2. The van der Waals surface area contributed by atoms with Crippen molar-refractivity contribution in [2.45, 2.75) is 32.7 Å². The number of amides is 2. The summed E-state index contributed by atoms with van der Waals surface area (Å²) in [6.07, 6.45) is 3.60. The Hall–Kier alpha value is -1.26. The van der Waals surface area contributed by atoms with Crippen molar-refractivity contribution in [3.63, 3.8) is 0 Å². The minimum atomic E-state index is -0.0443. The molecular formula is C18H28ClN3O. The number of piperidine rings is 1. The second-order valence-corrected chi connectivity index (χ2v) is 6.96. The molecule has 128 valence electrons. The predicted molar refractivity (Wildman–Crippen MR) is 95.8 cm³/mol. The fourth-order valence-corrected chi connectivity index (χ4v) is 3.07. The zero-order valence-corrected chi connectivity index (χ0v) is 15.0. The summed E-state index contributed by atoms with van der Waals surface area (Å²) in [4.78, 5) is 16.3. The smallest absolute Gasteiger partial charge is 0.317 e. The highest BCUT2D eigenvalue weighted by molar-refractivity contribution is 6.31. The maximum Gasteiger partial charge on any atom is 0.317 e. The molecule has 1 aliphatic heterocycles. The Kier molecular flexibility index (Phi) is 7.18. The van der Waals surface area contributed by atoms with Gasteiger partial charge in [0.15, 0.2) is 0 Å². The Morgan fingerprint density at radius 2 is 2.04 bits per heavy atom. The minimum Gasteiger partial charge on any atom is -0.338 e. The summed E-state index contributed by atoms with van der Waals surface area (Å²) >= 11 is 6.13. The third-order valence-corrected chi connectivity index (χ3v) is 4.88. The van der Waals surface area contributed by atoms with Crippen LogP contribution in [0.3, 0.4) is 0 Å². The minimum absolute atomic E-state index is 0.0443. The molecule has 0 atom stereocenters. The topological polar surface area (TPSA) is 35.6 Å².